The fourth-order valence-electron chi connectivity index (χ4n) is 3.50. The van der Waals surface area contributed by atoms with E-state index in [1.807, 2.05) is 53.9 Å². The van der Waals surface area contributed by atoms with Gasteiger partial charge in [0.05, 0.1) is 13.7 Å². The lowest BCUT2D eigenvalue weighted by Crippen LogP contribution is -2.32. The molecule has 1 aliphatic heterocycles. The number of nitrogens with zero attached hydrogens (tertiary/aromatic N) is 1. The van der Waals surface area contributed by atoms with E-state index in [1.165, 1.54) is 24.0 Å². The Morgan fingerprint density at radius 2 is 1.86 bits per heavy atom. The average Bonchev–Trinajstić information content (AvgIpc) is 3.32. The van der Waals surface area contributed by atoms with Gasteiger partial charge >= 0.3 is 5.97 Å². The number of carbonyl (C=O) groups is 2. The molecule has 1 amide bonds. The normalized spacial score (nSPS) is 12.5. The third kappa shape index (κ3) is 3.51. The van der Waals surface area contributed by atoms with Crippen molar-refractivity contribution in [2.75, 3.05) is 30.4 Å². The summed E-state index contributed by atoms with van der Waals surface area (Å²) < 4.78 is 4.96. The minimum absolute atomic E-state index is 0.150. The van der Waals surface area contributed by atoms with Gasteiger partial charge < -0.3 is 15.0 Å². The van der Waals surface area contributed by atoms with Gasteiger partial charge in [0, 0.05) is 23.2 Å². The molecule has 0 saturated carbocycles. The zero-order valence-corrected chi connectivity index (χ0v) is 16.3. The number of benzene rings is 2. The summed E-state index contributed by atoms with van der Waals surface area (Å²) in [5.41, 5.74) is 4.43. The third-order valence-corrected chi connectivity index (χ3v) is 5.73. The number of nitrogens with one attached hydrogen (secondary N) is 1. The molecule has 0 spiro atoms. The molecule has 2 heterocycles. The van der Waals surface area contributed by atoms with E-state index in [0.29, 0.717) is 10.6 Å². The van der Waals surface area contributed by atoms with Crippen molar-refractivity contribution in [1.29, 1.82) is 0 Å². The highest BCUT2D eigenvalue weighted by Gasteiger charge is 2.24. The van der Waals surface area contributed by atoms with Gasteiger partial charge in [-0.3, -0.25) is 4.79 Å². The van der Waals surface area contributed by atoms with Crippen LogP contribution in [0.1, 0.15) is 15.9 Å². The number of para-hydroxylation sites is 1. The Morgan fingerprint density at radius 3 is 2.64 bits per heavy atom. The second kappa shape index (κ2) is 7.86. The first kappa shape index (κ1) is 18.3. The third-order valence-electron chi connectivity index (χ3n) is 4.84. The molecular weight excluding hydrogens is 372 g/mol. The van der Waals surface area contributed by atoms with Gasteiger partial charge in [-0.25, -0.2) is 4.79 Å². The molecule has 0 atom stereocenters. The van der Waals surface area contributed by atoms with Gasteiger partial charge in [0.2, 0.25) is 5.91 Å². The largest absolute Gasteiger partial charge is 0.465 e. The maximum Gasteiger partial charge on any atom is 0.341 e. The van der Waals surface area contributed by atoms with Crippen molar-refractivity contribution in [2.45, 2.75) is 6.42 Å². The smallest absolute Gasteiger partial charge is 0.341 e. The number of anilines is 2. The van der Waals surface area contributed by atoms with Crippen LogP contribution in [0.2, 0.25) is 0 Å². The fourth-order valence-corrected chi connectivity index (χ4v) is 4.47. The molecule has 6 heteroatoms. The Hall–Kier alpha value is -3.12. The number of ether oxygens (including phenoxy) is 1. The Bertz CT molecular complexity index is 1010. The first-order valence-electron chi connectivity index (χ1n) is 9.05. The molecule has 4 rings (SSSR count). The molecule has 1 aliphatic rings. The van der Waals surface area contributed by atoms with Crippen LogP contribution in [0, 0.1) is 0 Å². The minimum atomic E-state index is -0.457. The van der Waals surface area contributed by atoms with E-state index in [-0.39, 0.29) is 12.5 Å². The summed E-state index contributed by atoms with van der Waals surface area (Å²) in [4.78, 5) is 27.2. The van der Waals surface area contributed by atoms with Crippen molar-refractivity contribution in [3.63, 3.8) is 0 Å². The highest BCUT2D eigenvalue weighted by molar-refractivity contribution is 7.15. The van der Waals surface area contributed by atoms with E-state index in [4.69, 9.17) is 4.74 Å². The second-order valence-electron chi connectivity index (χ2n) is 6.56. The molecule has 142 valence electrons. The highest BCUT2D eigenvalue weighted by atomic mass is 32.1. The van der Waals surface area contributed by atoms with Crippen molar-refractivity contribution in [3.05, 3.63) is 71.1 Å². The summed E-state index contributed by atoms with van der Waals surface area (Å²) in [7, 11) is 1.35. The molecular formula is C22H20N2O3S. The van der Waals surface area contributed by atoms with Crippen LogP contribution >= 0.6 is 11.3 Å². The first-order chi connectivity index (χ1) is 13.7. The maximum atomic E-state index is 12.7. The van der Waals surface area contributed by atoms with E-state index < -0.39 is 5.97 Å². The lowest BCUT2D eigenvalue weighted by atomic mass is 10.0. The van der Waals surface area contributed by atoms with Crippen molar-refractivity contribution in [3.8, 4) is 11.1 Å². The quantitative estimate of drug-likeness (QED) is 0.661. The average molecular weight is 392 g/mol. The number of rotatable bonds is 5. The van der Waals surface area contributed by atoms with Crippen LogP contribution in [-0.4, -0.2) is 32.1 Å². The predicted molar refractivity (Wildman–Crippen MR) is 112 cm³/mol. The SMILES string of the molecule is COC(=O)c1c(-c2ccccc2)csc1NC(=O)CN1CCc2ccccc21. The van der Waals surface area contributed by atoms with Gasteiger partial charge in [0.15, 0.2) is 0 Å². The maximum absolute atomic E-state index is 12.7. The van der Waals surface area contributed by atoms with E-state index in [2.05, 4.69) is 16.3 Å². The number of amides is 1. The Balaban J connectivity index is 1.56. The fraction of sp³-hybridized carbons (Fsp3) is 0.182. The van der Waals surface area contributed by atoms with E-state index in [1.54, 1.807) is 0 Å². The van der Waals surface area contributed by atoms with Crippen molar-refractivity contribution < 1.29 is 14.3 Å². The van der Waals surface area contributed by atoms with Gasteiger partial charge in [0.25, 0.3) is 0 Å². The van der Waals surface area contributed by atoms with Crippen LogP contribution in [0.25, 0.3) is 11.1 Å². The second-order valence-corrected chi connectivity index (χ2v) is 7.44. The summed E-state index contributed by atoms with van der Waals surface area (Å²) in [5.74, 6) is -0.606. The molecule has 5 nitrogen and oxygen atoms in total. The number of carbonyl (C=O) groups excluding carboxylic acids is 2. The number of thiophene rings is 1. The van der Waals surface area contributed by atoms with Gasteiger partial charge in [0.1, 0.15) is 10.6 Å². The number of hydrogen-bond donors (Lipinski definition) is 1. The van der Waals surface area contributed by atoms with Gasteiger partial charge in [-0.2, -0.15) is 0 Å². The van der Waals surface area contributed by atoms with Crippen LogP contribution in [0.3, 0.4) is 0 Å². The van der Waals surface area contributed by atoms with Crippen LogP contribution in [-0.2, 0) is 16.0 Å². The van der Waals surface area contributed by atoms with Gasteiger partial charge in [-0.05, 0) is 23.6 Å². The molecule has 1 aromatic heterocycles. The van der Waals surface area contributed by atoms with Crippen LogP contribution in [0.5, 0.6) is 0 Å². The molecule has 0 radical (unpaired) electrons. The monoisotopic (exact) mass is 392 g/mol. The lowest BCUT2D eigenvalue weighted by molar-refractivity contribution is -0.114. The molecule has 0 fully saturated rings. The zero-order valence-electron chi connectivity index (χ0n) is 15.5. The molecule has 3 aromatic rings. The lowest BCUT2D eigenvalue weighted by Gasteiger charge is -2.18. The molecule has 0 bridgehead atoms. The molecule has 2 aromatic carbocycles. The van der Waals surface area contributed by atoms with Crippen molar-refractivity contribution in [1.82, 2.24) is 0 Å². The number of fused-ring (bicyclic) bond motifs is 1. The van der Waals surface area contributed by atoms with Gasteiger partial charge in [-0.1, -0.05) is 48.5 Å². The molecule has 1 N–H and O–H groups in total. The molecule has 0 aliphatic carbocycles. The van der Waals surface area contributed by atoms with Crippen molar-refractivity contribution in [2.24, 2.45) is 0 Å². The van der Waals surface area contributed by atoms with Gasteiger partial charge in [-0.15, -0.1) is 11.3 Å². The summed E-state index contributed by atoms with van der Waals surface area (Å²) >= 11 is 1.34. The van der Waals surface area contributed by atoms with E-state index in [0.717, 1.165) is 29.8 Å². The Kier molecular flexibility index (Phi) is 5.12. The number of hydrogen-bond acceptors (Lipinski definition) is 5. The molecule has 0 saturated heterocycles. The van der Waals surface area contributed by atoms with Crippen molar-refractivity contribution >= 4 is 33.9 Å². The summed E-state index contributed by atoms with van der Waals surface area (Å²) in [6.07, 6.45) is 0.939. The molecule has 0 unspecified atom stereocenters. The summed E-state index contributed by atoms with van der Waals surface area (Å²) in [6, 6.07) is 17.7. The van der Waals surface area contributed by atoms with Crippen LogP contribution in [0.15, 0.2) is 60.0 Å². The highest BCUT2D eigenvalue weighted by Crippen LogP contribution is 2.36. The Labute approximate surface area is 167 Å². The van der Waals surface area contributed by atoms with E-state index in [9.17, 15) is 9.59 Å². The first-order valence-corrected chi connectivity index (χ1v) is 9.93. The van der Waals surface area contributed by atoms with E-state index >= 15 is 0 Å². The summed E-state index contributed by atoms with van der Waals surface area (Å²) in [6.45, 7) is 1.06. The molecule has 28 heavy (non-hydrogen) atoms. The standard InChI is InChI=1S/C22H20N2O3S/c1-27-22(26)20-17(15-7-3-2-4-8-15)14-28-21(20)23-19(25)13-24-12-11-16-9-5-6-10-18(16)24/h2-10,14H,11-13H2,1H3,(H,23,25). The topological polar surface area (TPSA) is 58.6 Å². The number of methoxy groups -OCH3 is 1. The minimum Gasteiger partial charge on any atom is -0.465 e. The Morgan fingerprint density at radius 1 is 1.11 bits per heavy atom. The summed E-state index contributed by atoms with van der Waals surface area (Å²) in [5, 5.41) is 5.30. The van der Waals surface area contributed by atoms with Crippen LogP contribution in [0.4, 0.5) is 10.7 Å². The zero-order chi connectivity index (χ0) is 19.5. The van der Waals surface area contributed by atoms with Crippen LogP contribution < -0.4 is 10.2 Å². The predicted octanol–water partition coefficient (Wildman–Crippen LogP) is 4.20. The number of esters is 1.